The van der Waals surface area contributed by atoms with Crippen LogP contribution in [0.3, 0.4) is 0 Å². The van der Waals surface area contributed by atoms with Crippen LogP contribution in [0.2, 0.25) is 0 Å². The van der Waals surface area contributed by atoms with Crippen molar-refractivity contribution in [2.75, 3.05) is 13.6 Å². The molecule has 1 saturated carbocycles. The molecule has 1 aliphatic carbocycles. The van der Waals surface area contributed by atoms with Gasteiger partial charge in [-0.25, -0.2) is 0 Å². The minimum Gasteiger partial charge on any atom is -0.304 e. The fourth-order valence-corrected chi connectivity index (χ4v) is 2.70. The monoisotopic (exact) mass is 211 g/mol. The van der Waals surface area contributed by atoms with Gasteiger partial charge in [-0.05, 0) is 51.1 Å². The Hall–Kier alpha value is -0.0400. The Kier molecular flexibility index (Phi) is 5.66. The molecule has 0 N–H and O–H groups in total. The van der Waals surface area contributed by atoms with Crippen LogP contribution in [0.5, 0.6) is 0 Å². The van der Waals surface area contributed by atoms with Crippen molar-refractivity contribution in [1.82, 2.24) is 4.90 Å². The van der Waals surface area contributed by atoms with Gasteiger partial charge in [0.15, 0.2) is 0 Å². The van der Waals surface area contributed by atoms with E-state index in [1.165, 1.54) is 45.1 Å². The Morgan fingerprint density at radius 3 is 2.20 bits per heavy atom. The summed E-state index contributed by atoms with van der Waals surface area (Å²) in [5.74, 6) is 1.93. The van der Waals surface area contributed by atoms with Crippen LogP contribution in [0.4, 0.5) is 0 Å². The van der Waals surface area contributed by atoms with Crippen LogP contribution in [-0.2, 0) is 0 Å². The Labute approximate surface area is 96.2 Å². The predicted molar refractivity (Wildman–Crippen MR) is 68.1 cm³/mol. The zero-order chi connectivity index (χ0) is 11.3. The van der Waals surface area contributed by atoms with Crippen molar-refractivity contribution in [3.8, 4) is 0 Å². The summed E-state index contributed by atoms with van der Waals surface area (Å²) in [7, 11) is 2.28. The number of hydrogen-bond acceptors (Lipinski definition) is 1. The van der Waals surface area contributed by atoms with E-state index in [4.69, 9.17) is 0 Å². The zero-order valence-corrected chi connectivity index (χ0v) is 11.1. The Balaban J connectivity index is 2.18. The summed E-state index contributed by atoms with van der Waals surface area (Å²) in [6.45, 7) is 8.17. The van der Waals surface area contributed by atoms with E-state index in [1.807, 2.05) is 0 Å². The normalized spacial score (nSPS) is 27.6. The molecule has 0 aromatic heterocycles. The smallest absolute Gasteiger partial charge is 0.00923 e. The van der Waals surface area contributed by atoms with Gasteiger partial charge >= 0.3 is 0 Å². The van der Waals surface area contributed by atoms with E-state index >= 15 is 0 Å². The van der Waals surface area contributed by atoms with Gasteiger partial charge in [-0.3, -0.25) is 0 Å². The lowest BCUT2D eigenvalue weighted by atomic mass is 9.82. The van der Waals surface area contributed by atoms with Crippen LogP contribution in [-0.4, -0.2) is 24.5 Å². The average Bonchev–Trinajstić information content (AvgIpc) is 2.26. The van der Waals surface area contributed by atoms with Crippen molar-refractivity contribution in [3.63, 3.8) is 0 Å². The summed E-state index contributed by atoms with van der Waals surface area (Å²) in [6, 6.07) is 0.880. The maximum absolute atomic E-state index is 2.53. The largest absolute Gasteiger partial charge is 0.304 e. The number of rotatable bonds is 5. The highest BCUT2D eigenvalue weighted by Gasteiger charge is 2.22. The molecule has 0 spiro atoms. The first-order chi connectivity index (χ1) is 7.13. The van der Waals surface area contributed by atoms with Crippen molar-refractivity contribution in [2.24, 2.45) is 11.8 Å². The molecule has 1 nitrogen and oxygen atoms in total. The van der Waals surface area contributed by atoms with Gasteiger partial charge in [0, 0.05) is 6.04 Å². The molecule has 0 aliphatic heterocycles. The summed E-state index contributed by atoms with van der Waals surface area (Å²) in [4.78, 5) is 2.53. The first-order valence-electron chi connectivity index (χ1n) is 6.83. The quantitative estimate of drug-likeness (QED) is 0.666. The highest BCUT2D eigenvalue weighted by atomic mass is 15.1. The number of hydrogen-bond donors (Lipinski definition) is 0. The molecule has 0 saturated heterocycles. The molecular weight excluding hydrogens is 182 g/mol. The van der Waals surface area contributed by atoms with Gasteiger partial charge in [-0.15, -0.1) is 0 Å². The molecule has 1 fully saturated rings. The van der Waals surface area contributed by atoms with Crippen molar-refractivity contribution in [2.45, 2.75) is 65.3 Å². The summed E-state index contributed by atoms with van der Waals surface area (Å²) in [6.07, 6.45) is 8.73. The molecule has 0 bridgehead atoms. The van der Waals surface area contributed by atoms with E-state index in [0.717, 1.165) is 17.9 Å². The Morgan fingerprint density at radius 2 is 1.73 bits per heavy atom. The minimum absolute atomic E-state index is 0.880. The fourth-order valence-electron chi connectivity index (χ4n) is 2.70. The molecule has 0 unspecified atom stereocenters. The maximum atomic E-state index is 2.53. The molecule has 1 aliphatic rings. The molecule has 1 rings (SSSR count). The van der Waals surface area contributed by atoms with Gasteiger partial charge in [0.1, 0.15) is 0 Å². The van der Waals surface area contributed by atoms with Crippen molar-refractivity contribution < 1.29 is 0 Å². The second-order valence-corrected chi connectivity index (χ2v) is 5.72. The zero-order valence-electron chi connectivity index (χ0n) is 11.1. The molecule has 0 radical (unpaired) electrons. The van der Waals surface area contributed by atoms with Crippen LogP contribution in [0.1, 0.15) is 59.3 Å². The van der Waals surface area contributed by atoms with Gasteiger partial charge in [-0.1, -0.05) is 33.6 Å². The third-order valence-corrected chi connectivity index (χ3v) is 4.09. The number of nitrogens with zero attached hydrogens (tertiary/aromatic N) is 1. The molecule has 0 aromatic rings. The van der Waals surface area contributed by atoms with Gasteiger partial charge in [0.25, 0.3) is 0 Å². The molecule has 0 atom stereocenters. The molecule has 0 heterocycles. The first kappa shape index (κ1) is 13.0. The summed E-state index contributed by atoms with van der Waals surface area (Å²) in [5.41, 5.74) is 0. The van der Waals surface area contributed by atoms with E-state index in [0.29, 0.717) is 0 Å². The molecular formula is C14H29N. The minimum atomic E-state index is 0.880. The lowest BCUT2D eigenvalue weighted by molar-refractivity contribution is 0.165. The van der Waals surface area contributed by atoms with Crippen molar-refractivity contribution >= 4 is 0 Å². The summed E-state index contributed by atoms with van der Waals surface area (Å²) >= 11 is 0. The van der Waals surface area contributed by atoms with Gasteiger partial charge in [0.2, 0.25) is 0 Å². The van der Waals surface area contributed by atoms with Gasteiger partial charge < -0.3 is 4.90 Å². The maximum Gasteiger partial charge on any atom is 0.00923 e. The average molecular weight is 211 g/mol. The molecule has 15 heavy (non-hydrogen) atoms. The highest BCUT2D eigenvalue weighted by Crippen LogP contribution is 2.30. The Bertz CT molecular complexity index is 157. The van der Waals surface area contributed by atoms with Crippen LogP contribution < -0.4 is 0 Å². The van der Waals surface area contributed by atoms with Crippen molar-refractivity contribution in [1.29, 1.82) is 0 Å². The van der Waals surface area contributed by atoms with Crippen LogP contribution in [0.25, 0.3) is 0 Å². The van der Waals surface area contributed by atoms with E-state index < -0.39 is 0 Å². The van der Waals surface area contributed by atoms with E-state index in [1.54, 1.807) is 0 Å². The van der Waals surface area contributed by atoms with Gasteiger partial charge in [-0.2, -0.15) is 0 Å². The molecule has 90 valence electrons. The lowest BCUT2D eigenvalue weighted by Gasteiger charge is -2.34. The molecule has 0 aromatic carbocycles. The Morgan fingerprint density at radius 1 is 1.13 bits per heavy atom. The summed E-state index contributed by atoms with van der Waals surface area (Å²) < 4.78 is 0. The third kappa shape index (κ3) is 4.55. The first-order valence-corrected chi connectivity index (χ1v) is 6.83. The van der Waals surface area contributed by atoms with Gasteiger partial charge in [0.05, 0.1) is 0 Å². The topological polar surface area (TPSA) is 3.24 Å². The molecule has 0 amide bonds. The van der Waals surface area contributed by atoms with Crippen molar-refractivity contribution in [3.05, 3.63) is 0 Å². The summed E-state index contributed by atoms with van der Waals surface area (Å²) in [5, 5.41) is 0. The van der Waals surface area contributed by atoms with Crippen LogP contribution >= 0.6 is 0 Å². The lowest BCUT2D eigenvalue weighted by Crippen LogP contribution is -2.34. The predicted octanol–water partition coefficient (Wildman–Crippen LogP) is 3.93. The second-order valence-electron chi connectivity index (χ2n) is 5.72. The van der Waals surface area contributed by atoms with Crippen LogP contribution in [0.15, 0.2) is 0 Å². The van der Waals surface area contributed by atoms with E-state index in [2.05, 4.69) is 32.7 Å². The van der Waals surface area contributed by atoms with E-state index in [-0.39, 0.29) is 0 Å². The molecule has 1 heteroatoms. The third-order valence-electron chi connectivity index (χ3n) is 4.09. The standard InChI is InChI=1S/C14H29N/c1-5-15(4)14-10-8-13(9-11-14)7-6-12(2)3/h12-14H,5-11H2,1-4H3/t13-,14-. The highest BCUT2D eigenvalue weighted by molar-refractivity contribution is 4.77. The fraction of sp³-hybridized carbons (Fsp3) is 1.00. The SMILES string of the molecule is CCN(C)[C@H]1CC[C@H](CCC(C)C)CC1. The van der Waals surface area contributed by atoms with E-state index in [9.17, 15) is 0 Å². The van der Waals surface area contributed by atoms with Crippen LogP contribution in [0, 0.1) is 11.8 Å². The second kappa shape index (κ2) is 6.52.